The molecule has 0 bridgehead atoms. The molecule has 2 aromatic carbocycles. The molecule has 1 N–H and O–H groups in total. The van der Waals surface area contributed by atoms with Gasteiger partial charge in [0.1, 0.15) is 24.5 Å². The molecule has 1 aliphatic rings. The van der Waals surface area contributed by atoms with Gasteiger partial charge in [-0.3, -0.25) is 14.6 Å². The number of rotatable bonds is 6. The summed E-state index contributed by atoms with van der Waals surface area (Å²) in [6, 6.07) is 15.2. The summed E-state index contributed by atoms with van der Waals surface area (Å²) in [7, 11) is 0. The van der Waals surface area contributed by atoms with Gasteiger partial charge in [-0.2, -0.15) is 0 Å². The van der Waals surface area contributed by atoms with E-state index in [4.69, 9.17) is 4.74 Å². The maximum absolute atomic E-state index is 12.7. The van der Waals surface area contributed by atoms with Gasteiger partial charge >= 0.3 is 6.03 Å². The highest BCUT2D eigenvalue weighted by molar-refractivity contribution is 9.10. The van der Waals surface area contributed by atoms with E-state index in [0.29, 0.717) is 11.4 Å². The first-order valence-corrected chi connectivity index (χ1v) is 9.02. The minimum absolute atomic E-state index is 0.0206. The molecule has 0 saturated carbocycles. The summed E-state index contributed by atoms with van der Waals surface area (Å²) in [5.74, 6) is 0.261. The lowest BCUT2D eigenvalue weighted by Crippen LogP contribution is -2.40. The first kappa shape index (κ1) is 18.4. The van der Waals surface area contributed by atoms with Crippen LogP contribution < -0.4 is 9.64 Å². The number of carbonyl (C=O) groups excluding carboxylic acids is 2. The molecular weight excluding hydrogens is 400 g/mol. The Hall–Kier alpha value is -2.38. The van der Waals surface area contributed by atoms with Crippen LogP contribution in [0.3, 0.4) is 0 Å². The van der Waals surface area contributed by atoms with Gasteiger partial charge in [-0.05, 0) is 37.3 Å². The van der Waals surface area contributed by atoms with Crippen molar-refractivity contribution in [2.24, 2.45) is 0 Å². The maximum atomic E-state index is 12.7. The molecule has 3 amide bonds. The Labute approximate surface area is 160 Å². The summed E-state index contributed by atoms with van der Waals surface area (Å²) in [6.07, 6.45) is -0.982. The van der Waals surface area contributed by atoms with Gasteiger partial charge in [-0.15, -0.1) is 0 Å². The average Bonchev–Trinajstić information content (AvgIpc) is 2.84. The van der Waals surface area contributed by atoms with Crippen LogP contribution in [0.5, 0.6) is 5.75 Å². The number of nitrogens with zero attached hydrogens (tertiary/aromatic N) is 2. The second-order valence-corrected chi connectivity index (χ2v) is 6.95. The van der Waals surface area contributed by atoms with E-state index in [1.165, 1.54) is 4.90 Å². The molecule has 7 heteroatoms. The lowest BCUT2D eigenvalue weighted by molar-refractivity contribution is -0.128. The molecule has 0 spiro atoms. The van der Waals surface area contributed by atoms with Gasteiger partial charge in [0.05, 0.1) is 6.54 Å². The molecule has 0 aliphatic carbocycles. The van der Waals surface area contributed by atoms with Crippen LogP contribution in [0.15, 0.2) is 59.1 Å². The van der Waals surface area contributed by atoms with Crippen LogP contribution >= 0.6 is 15.9 Å². The van der Waals surface area contributed by atoms with E-state index in [1.54, 1.807) is 31.2 Å². The van der Waals surface area contributed by atoms with Gasteiger partial charge in [-0.25, -0.2) is 4.79 Å². The van der Waals surface area contributed by atoms with Crippen molar-refractivity contribution in [2.45, 2.75) is 19.1 Å². The SMILES string of the molecule is C[C@H]1C(=O)N(C[C@H](O)COc2cccc(Br)c2)C(=O)N1c1ccccc1. The standard InChI is InChI=1S/C19H19BrN2O4/c1-13-18(24)21(19(25)22(13)15-7-3-2-4-8-15)11-16(23)12-26-17-9-5-6-14(20)10-17/h2-10,13,16,23H,11-12H2,1H3/t13-,16-/m0/s1. The number of hydrogen-bond acceptors (Lipinski definition) is 4. The molecule has 2 atom stereocenters. The Morgan fingerprint density at radius 3 is 2.58 bits per heavy atom. The average molecular weight is 419 g/mol. The molecule has 0 radical (unpaired) electrons. The molecule has 6 nitrogen and oxygen atoms in total. The second-order valence-electron chi connectivity index (χ2n) is 6.04. The molecule has 136 valence electrons. The highest BCUT2D eigenvalue weighted by Crippen LogP contribution is 2.25. The van der Waals surface area contributed by atoms with E-state index in [2.05, 4.69) is 15.9 Å². The van der Waals surface area contributed by atoms with E-state index in [1.807, 2.05) is 30.3 Å². The lowest BCUT2D eigenvalue weighted by Gasteiger charge is -2.20. The second kappa shape index (κ2) is 7.88. The first-order chi connectivity index (χ1) is 12.5. The fourth-order valence-corrected chi connectivity index (χ4v) is 3.21. The van der Waals surface area contributed by atoms with Crippen molar-refractivity contribution in [3.63, 3.8) is 0 Å². The summed E-state index contributed by atoms with van der Waals surface area (Å²) < 4.78 is 6.39. The normalized spacial score (nSPS) is 18.3. The van der Waals surface area contributed by atoms with Crippen molar-refractivity contribution in [1.29, 1.82) is 0 Å². The lowest BCUT2D eigenvalue weighted by atomic mass is 10.2. The zero-order valence-corrected chi connectivity index (χ0v) is 15.8. The van der Waals surface area contributed by atoms with Crippen LogP contribution in [0.25, 0.3) is 0 Å². The number of β-amino-alcohol motifs (C(OH)–C–C–N with tert-alkyl or cyclic N) is 1. The molecule has 1 saturated heterocycles. The van der Waals surface area contributed by atoms with E-state index >= 15 is 0 Å². The third-order valence-electron chi connectivity index (χ3n) is 4.11. The zero-order chi connectivity index (χ0) is 18.7. The Balaban J connectivity index is 1.63. The predicted octanol–water partition coefficient (Wildman–Crippen LogP) is 3.05. The van der Waals surface area contributed by atoms with Crippen LogP contribution in [0, 0.1) is 0 Å². The van der Waals surface area contributed by atoms with Crippen LogP contribution in [-0.2, 0) is 4.79 Å². The van der Waals surface area contributed by atoms with Crippen LogP contribution in [-0.4, -0.2) is 47.2 Å². The third kappa shape index (κ3) is 3.89. The number of aliphatic hydroxyl groups excluding tert-OH is 1. The van der Waals surface area contributed by atoms with Gasteiger partial charge in [0, 0.05) is 10.2 Å². The highest BCUT2D eigenvalue weighted by Gasteiger charge is 2.43. The summed E-state index contributed by atoms with van der Waals surface area (Å²) in [4.78, 5) is 27.6. The summed E-state index contributed by atoms with van der Waals surface area (Å²) >= 11 is 3.35. The van der Waals surface area contributed by atoms with E-state index in [0.717, 1.165) is 9.37 Å². The van der Waals surface area contributed by atoms with Gasteiger partial charge < -0.3 is 9.84 Å². The van der Waals surface area contributed by atoms with Crippen LogP contribution in [0.4, 0.5) is 10.5 Å². The number of hydrogen-bond donors (Lipinski definition) is 1. The smallest absolute Gasteiger partial charge is 0.332 e. The molecule has 3 rings (SSSR count). The zero-order valence-electron chi connectivity index (χ0n) is 14.2. The van der Waals surface area contributed by atoms with E-state index in [9.17, 15) is 14.7 Å². The molecule has 1 heterocycles. The fourth-order valence-electron chi connectivity index (χ4n) is 2.83. The predicted molar refractivity (Wildman–Crippen MR) is 101 cm³/mol. The summed E-state index contributed by atoms with van der Waals surface area (Å²) in [5, 5.41) is 10.2. The molecular formula is C19H19BrN2O4. The maximum Gasteiger partial charge on any atom is 0.332 e. The molecule has 2 aromatic rings. The number of ether oxygens (including phenoxy) is 1. The Bertz CT molecular complexity index is 799. The van der Waals surface area contributed by atoms with Crippen LogP contribution in [0.1, 0.15) is 6.92 Å². The topological polar surface area (TPSA) is 70.1 Å². The molecule has 0 aromatic heterocycles. The number of aliphatic hydroxyl groups is 1. The quantitative estimate of drug-likeness (QED) is 0.731. The van der Waals surface area contributed by atoms with Gasteiger partial charge in [-0.1, -0.05) is 40.2 Å². The molecule has 0 unspecified atom stereocenters. The van der Waals surface area contributed by atoms with Crippen molar-refractivity contribution in [2.75, 3.05) is 18.1 Å². The first-order valence-electron chi connectivity index (χ1n) is 8.23. The molecule has 1 fully saturated rings. The summed E-state index contributed by atoms with van der Waals surface area (Å²) in [5.41, 5.74) is 0.653. The van der Waals surface area contributed by atoms with Crippen molar-refractivity contribution < 1.29 is 19.4 Å². The fraction of sp³-hybridized carbons (Fsp3) is 0.263. The third-order valence-corrected chi connectivity index (χ3v) is 4.61. The minimum atomic E-state index is -0.982. The van der Waals surface area contributed by atoms with Crippen molar-refractivity contribution in [1.82, 2.24) is 4.90 Å². The largest absolute Gasteiger partial charge is 0.491 e. The monoisotopic (exact) mass is 418 g/mol. The number of carbonyl (C=O) groups is 2. The number of halogens is 1. The number of para-hydroxylation sites is 1. The molecule has 26 heavy (non-hydrogen) atoms. The number of amides is 3. The number of imide groups is 1. The van der Waals surface area contributed by atoms with Gasteiger partial charge in [0.2, 0.25) is 0 Å². The minimum Gasteiger partial charge on any atom is -0.491 e. The Morgan fingerprint density at radius 1 is 1.15 bits per heavy atom. The number of anilines is 1. The van der Waals surface area contributed by atoms with Crippen molar-refractivity contribution in [3.8, 4) is 5.75 Å². The van der Waals surface area contributed by atoms with Crippen LogP contribution in [0.2, 0.25) is 0 Å². The van der Waals surface area contributed by atoms with E-state index in [-0.39, 0.29) is 19.1 Å². The van der Waals surface area contributed by atoms with Crippen molar-refractivity contribution in [3.05, 3.63) is 59.1 Å². The Kier molecular flexibility index (Phi) is 5.58. The molecule has 1 aliphatic heterocycles. The van der Waals surface area contributed by atoms with Gasteiger partial charge in [0.25, 0.3) is 5.91 Å². The number of urea groups is 1. The van der Waals surface area contributed by atoms with Crippen molar-refractivity contribution >= 4 is 33.6 Å². The summed E-state index contributed by atoms with van der Waals surface area (Å²) in [6.45, 7) is 1.55. The van der Waals surface area contributed by atoms with Gasteiger partial charge in [0.15, 0.2) is 0 Å². The Morgan fingerprint density at radius 2 is 1.88 bits per heavy atom. The highest BCUT2D eigenvalue weighted by atomic mass is 79.9. The number of benzene rings is 2. The van der Waals surface area contributed by atoms with E-state index < -0.39 is 18.2 Å².